The monoisotopic (exact) mass is 480 g/mol. The zero-order chi connectivity index (χ0) is 25.1. The number of anilines is 1. The Labute approximate surface area is 204 Å². The van der Waals surface area contributed by atoms with E-state index in [1.54, 1.807) is 18.2 Å². The fourth-order valence-electron chi connectivity index (χ4n) is 5.08. The topological polar surface area (TPSA) is 76.4 Å². The van der Waals surface area contributed by atoms with Crippen LogP contribution in [-0.4, -0.2) is 53.5 Å². The Morgan fingerprint density at radius 2 is 2.00 bits per heavy atom. The van der Waals surface area contributed by atoms with Crippen LogP contribution in [-0.2, 0) is 11.3 Å². The molecule has 1 heterocycles. The highest BCUT2D eigenvalue weighted by atomic mass is 19.1. The number of halogens is 2. The van der Waals surface area contributed by atoms with Gasteiger partial charge in [-0.25, -0.2) is 8.78 Å². The molecule has 8 heteroatoms. The number of nitrogens with one attached hydrogen (secondary N) is 1. The summed E-state index contributed by atoms with van der Waals surface area (Å²) in [5.74, 6) is -1.03. The van der Waals surface area contributed by atoms with E-state index in [4.69, 9.17) is 5.26 Å². The molecule has 184 valence electrons. The Morgan fingerprint density at radius 1 is 1.20 bits per heavy atom. The lowest BCUT2D eigenvalue weighted by Crippen LogP contribution is -2.54. The highest BCUT2D eigenvalue weighted by molar-refractivity contribution is 6.04. The van der Waals surface area contributed by atoms with Gasteiger partial charge >= 0.3 is 0 Å². The first-order valence-corrected chi connectivity index (χ1v) is 12.0. The van der Waals surface area contributed by atoms with Crippen LogP contribution in [0.25, 0.3) is 0 Å². The van der Waals surface area contributed by atoms with Crippen molar-refractivity contribution in [2.45, 2.75) is 51.9 Å². The molecule has 2 aromatic rings. The van der Waals surface area contributed by atoms with Gasteiger partial charge in [-0.3, -0.25) is 14.5 Å². The van der Waals surface area contributed by atoms with Crippen LogP contribution in [0.3, 0.4) is 0 Å². The van der Waals surface area contributed by atoms with Crippen molar-refractivity contribution in [2.24, 2.45) is 5.92 Å². The fraction of sp³-hybridized carbons (Fsp3) is 0.444. The number of hydrogen-bond donors (Lipinski definition) is 1. The van der Waals surface area contributed by atoms with Gasteiger partial charge in [0.2, 0.25) is 5.91 Å². The van der Waals surface area contributed by atoms with Gasteiger partial charge in [0.1, 0.15) is 12.0 Å². The van der Waals surface area contributed by atoms with E-state index in [2.05, 4.69) is 10.2 Å². The standard InChI is InChI=1S/C27H30F2N4O2/c1-17-15-32(8-9-33(17)27(35)21-6-7-23(28)11-21)16-22-12-24(29)13-25(18(22)2)31-26(34)20-5-3-4-19(10-20)14-30/h3-5,10,12-13,17,21,23H,6-9,11,15-16H2,1-2H3,(H,31,34)/t17-,21?,23?/m0/s1. The lowest BCUT2D eigenvalue weighted by Gasteiger charge is -2.41. The molecule has 4 rings (SSSR count). The number of rotatable bonds is 5. The number of carbonyl (C=O) groups is 2. The number of alkyl halides is 1. The van der Waals surface area contributed by atoms with Gasteiger partial charge < -0.3 is 10.2 Å². The fourth-order valence-corrected chi connectivity index (χ4v) is 5.08. The second-order valence-corrected chi connectivity index (χ2v) is 9.61. The Morgan fingerprint density at radius 3 is 2.69 bits per heavy atom. The van der Waals surface area contributed by atoms with E-state index < -0.39 is 17.9 Å². The lowest BCUT2D eigenvalue weighted by molar-refractivity contribution is -0.140. The number of nitriles is 1. The predicted octanol–water partition coefficient (Wildman–Crippen LogP) is 4.43. The van der Waals surface area contributed by atoms with E-state index in [1.165, 1.54) is 18.2 Å². The smallest absolute Gasteiger partial charge is 0.255 e. The van der Waals surface area contributed by atoms with Crippen LogP contribution in [0.1, 0.15) is 53.2 Å². The van der Waals surface area contributed by atoms with Crippen LogP contribution in [0.2, 0.25) is 0 Å². The van der Waals surface area contributed by atoms with Gasteiger partial charge in [0.25, 0.3) is 5.91 Å². The van der Waals surface area contributed by atoms with Crippen LogP contribution in [0, 0.1) is 30.0 Å². The molecule has 0 spiro atoms. The molecular formula is C27H30F2N4O2. The minimum Gasteiger partial charge on any atom is -0.337 e. The average Bonchev–Trinajstić information content (AvgIpc) is 3.28. The second-order valence-electron chi connectivity index (χ2n) is 9.61. The first kappa shape index (κ1) is 24.8. The first-order chi connectivity index (χ1) is 16.7. The van der Waals surface area contributed by atoms with E-state index in [0.717, 1.165) is 11.1 Å². The van der Waals surface area contributed by atoms with Crippen molar-refractivity contribution in [3.63, 3.8) is 0 Å². The molecule has 6 nitrogen and oxygen atoms in total. The zero-order valence-corrected chi connectivity index (χ0v) is 20.1. The van der Waals surface area contributed by atoms with Gasteiger partial charge in [-0.2, -0.15) is 5.26 Å². The molecule has 1 N–H and O–H groups in total. The molecule has 0 bridgehead atoms. The predicted molar refractivity (Wildman–Crippen MR) is 129 cm³/mol. The lowest BCUT2D eigenvalue weighted by atomic mass is 10.0. The largest absolute Gasteiger partial charge is 0.337 e. The maximum Gasteiger partial charge on any atom is 0.255 e. The Kier molecular flexibility index (Phi) is 7.46. The van der Waals surface area contributed by atoms with Crippen LogP contribution in [0.5, 0.6) is 0 Å². The van der Waals surface area contributed by atoms with Crippen LogP contribution >= 0.6 is 0 Å². The molecule has 2 aliphatic rings. The molecule has 2 unspecified atom stereocenters. The molecule has 1 aliphatic carbocycles. The summed E-state index contributed by atoms with van der Waals surface area (Å²) >= 11 is 0. The summed E-state index contributed by atoms with van der Waals surface area (Å²) in [5, 5.41) is 11.8. The van der Waals surface area contributed by atoms with Gasteiger partial charge in [0.05, 0.1) is 11.6 Å². The molecule has 2 amide bonds. The van der Waals surface area contributed by atoms with Gasteiger partial charge in [-0.05, 0) is 74.6 Å². The minimum atomic E-state index is -0.874. The van der Waals surface area contributed by atoms with E-state index in [-0.39, 0.29) is 17.9 Å². The van der Waals surface area contributed by atoms with Crippen molar-refractivity contribution < 1.29 is 18.4 Å². The molecule has 1 aliphatic heterocycles. The highest BCUT2D eigenvalue weighted by Crippen LogP contribution is 2.31. The van der Waals surface area contributed by atoms with Crippen molar-refractivity contribution >= 4 is 17.5 Å². The van der Waals surface area contributed by atoms with Crippen LogP contribution in [0.4, 0.5) is 14.5 Å². The third-order valence-electron chi connectivity index (χ3n) is 7.09. The molecule has 0 radical (unpaired) electrons. The Balaban J connectivity index is 1.42. The van der Waals surface area contributed by atoms with Gasteiger partial charge in [-0.15, -0.1) is 0 Å². The van der Waals surface area contributed by atoms with Crippen molar-refractivity contribution in [3.05, 3.63) is 64.5 Å². The quantitative estimate of drug-likeness (QED) is 0.687. The minimum absolute atomic E-state index is 0.0182. The second kappa shape index (κ2) is 10.5. The summed E-state index contributed by atoms with van der Waals surface area (Å²) in [6.07, 6.45) is 0.530. The number of carbonyl (C=O) groups excluding carboxylic acids is 2. The molecule has 1 saturated carbocycles. The van der Waals surface area contributed by atoms with Crippen LogP contribution < -0.4 is 5.32 Å². The summed E-state index contributed by atoms with van der Waals surface area (Å²) < 4.78 is 28.1. The van der Waals surface area contributed by atoms with Crippen molar-refractivity contribution in [3.8, 4) is 6.07 Å². The maximum absolute atomic E-state index is 14.5. The van der Waals surface area contributed by atoms with Crippen molar-refractivity contribution in [1.29, 1.82) is 5.26 Å². The van der Waals surface area contributed by atoms with E-state index in [9.17, 15) is 18.4 Å². The zero-order valence-electron chi connectivity index (χ0n) is 20.1. The van der Waals surface area contributed by atoms with Gasteiger partial charge in [0, 0.05) is 49.4 Å². The van der Waals surface area contributed by atoms with Crippen LogP contribution in [0.15, 0.2) is 36.4 Å². The van der Waals surface area contributed by atoms with Gasteiger partial charge in [-0.1, -0.05) is 6.07 Å². The SMILES string of the molecule is Cc1c(CN2CCN(C(=O)C3CCC(F)C3)[C@@H](C)C2)cc(F)cc1NC(=O)c1cccc(C#N)c1. The summed E-state index contributed by atoms with van der Waals surface area (Å²) in [6, 6.07) is 11.1. The first-order valence-electron chi connectivity index (χ1n) is 12.0. The normalized spacial score (nSPS) is 22.6. The maximum atomic E-state index is 14.5. The van der Waals surface area contributed by atoms with E-state index in [0.29, 0.717) is 62.3 Å². The molecule has 2 fully saturated rings. The van der Waals surface area contributed by atoms with Gasteiger partial charge in [0.15, 0.2) is 0 Å². The summed E-state index contributed by atoms with van der Waals surface area (Å²) in [5.41, 5.74) is 2.61. The number of amides is 2. The third-order valence-corrected chi connectivity index (χ3v) is 7.09. The number of piperazine rings is 1. The Hall–Kier alpha value is -3.31. The molecule has 35 heavy (non-hydrogen) atoms. The molecule has 2 aromatic carbocycles. The summed E-state index contributed by atoms with van der Waals surface area (Å²) in [7, 11) is 0. The summed E-state index contributed by atoms with van der Waals surface area (Å²) in [4.78, 5) is 29.6. The molecule has 3 atom stereocenters. The number of nitrogens with zero attached hydrogens (tertiary/aromatic N) is 3. The molecule has 1 saturated heterocycles. The number of hydrogen-bond acceptors (Lipinski definition) is 4. The van der Waals surface area contributed by atoms with Crippen molar-refractivity contribution in [2.75, 3.05) is 25.0 Å². The molecule has 0 aromatic heterocycles. The number of benzene rings is 2. The Bertz CT molecular complexity index is 1160. The summed E-state index contributed by atoms with van der Waals surface area (Å²) in [6.45, 7) is 6.15. The van der Waals surface area contributed by atoms with Crippen molar-refractivity contribution in [1.82, 2.24) is 9.80 Å². The highest BCUT2D eigenvalue weighted by Gasteiger charge is 2.36. The third kappa shape index (κ3) is 5.68. The average molecular weight is 481 g/mol. The molecular weight excluding hydrogens is 450 g/mol. The van der Waals surface area contributed by atoms with E-state index in [1.807, 2.05) is 24.8 Å². The van der Waals surface area contributed by atoms with E-state index >= 15 is 0 Å².